The highest BCUT2D eigenvalue weighted by molar-refractivity contribution is 6.37. The molecular weight excluding hydrogens is 483 g/mol. The molecule has 0 aliphatic rings. The van der Waals surface area contributed by atoms with Gasteiger partial charge in [0.15, 0.2) is 0 Å². The Bertz CT molecular complexity index is 1360. The molecule has 180 valence electrons. The molecule has 0 amide bonds. The first-order chi connectivity index (χ1) is 16.8. The standard InChI is InChI=1S/C28H26Cl2N2O3/c1-4-6-23-18(3)31-32(27-24(29)7-5-8-25(27)30)26(23)16-35-21-13-14-22(17(2)15-21)19-9-11-20(12-10-19)28(33)34/h5,7-15H,4,6,16H2,1-3H3,(H,33,34). The van der Waals surface area contributed by atoms with Gasteiger partial charge in [-0.2, -0.15) is 5.10 Å². The van der Waals surface area contributed by atoms with Gasteiger partial charge in [-0.1, -0.05) is 60.8 Å². The van der Waals surface area contributed by atoms with Crippen molar-refractivity contribution in [2.24, 2.45) is 0 Å². The number of benzene rings is 3. The maximum atomic E-state index is 11.1. The molecule has 0 spiro atoms. The van der Waals surface area contributed by atoms with Crippen molar-refractivity contribution in [1.29, 1.82) is 0 Å². The first kappa shape index (κ1) is 24.8. The summed E-state index contributed by atoms with van der Waals surface area (Å²) in [4.78, 5) is 11.1. The van der Waals surface area contributed by atoms with Crippen LogP contribution in [0.2, 0.25) is 10.0 Å². The van der Waals surface area contributed by atoms with Crippen molar-refractivity contribution in [3.63, 3.8) is 0 Å². The molecule has 0 aliphatic heterocycles. The molecule has 1 heterocycles. The fraction of sp³-hybridized carbons (Fsp3) is 0.214. The van der Waals surface area contributed by atoms with Crippen LogP contribution < -0.4 is 4.74 Å². The number of carbonyl (C=O) groups is 1. The molecule has 0 atom stereocenters. The monoisotopic (exact) mass is 508 g/mol. The van der Waals surface area contributed by atoms with Gasteiger partial charge in [0.25, 0.3) is 0 Å². The molecule has 0 radical (unpaired) electrons. The van der Waals surface area contributed by atoms with Crippen LogP contribution >= 0.6 is 23.2 Å². The van der Waals surface area contributed by atoms with Crippen LogP contribution in [-0.2, 0) is 13.0 Å². The second-order valence-corrected chi connectivity index (χ2v) is 9.21. The van der Waals surface area contributed by atoms with E-state index in [4.69, 9.17) is 38.1 Å². The van der Waals surface area contributed by atoms with Crippen molar-refractivity contribution in [1.82, 2.24) is 9.78 Å². The number of nitrogens with zero attached hydrogens (tertiary/aromatic N) is 2. The number of hydrogen-bond acceptors (Lipinski definition) is 3. The lowest BCUT2D eigenvalue weighted by Gasteiger charge is -2.15. The van der Waals surface area contributed by atoms with Crippen molar-refractivity contribution in [2.45, 2.75) is 40.2 Å². The Morgan fingerprint density at radius 3 is 2.31 bits per heavy atom. The lowest BCUT2D eigenvalue weighted by Crippen LogP contribution is -2.09. The average molecular weight is 509 g/mol. The summed E-state index contributed by atoms with van der Waals surface area (Å²) in [6.45, 7) is 6.44. The topological polar surface area (TPSA) is 64.4 Å². The first-order valence-electron chi connectivity index (χ1n) is 11.4. The Morgan fingerprint density at radius 1 is 1.03 bits per heavy atom. The summed E-state index contributed by atoms with van der Waals surface area (Å²) in [6.07, 6.45) is 1.85. The Kier molecular flexibility index (Phi) is 7.48. The van der Waals surface area contributed by atoms with E-state index >= 15 is 0 Å². The quantitative estimate of drug-likeness (QED) is 0.264. The number of aromatic nitrogens is 2. The zero-order valence-corrected chi connectivity index (χ0v) is 21.3. The highest BCUT2D eigenvalue weighted by Gasteiger charge is 2.20. The van der Waals surface area contributed by atoms with Gasteiger partial charge in [-0.05, 0) is 73.4 Å². The predicted octanol–water partition coefficient (Wildman–Crippen LogP) is 7.69. The van der Waals surface area contributed by atoms with Crippen molar-refractivity contribution < 1.29 is 14.6 Å². The minimum Gasteiger partial charge on any atom is -0.487 e. The first-order valence-corrected chi connectivity index (χ1v) is 12.1. The molecule has 0 aliphatic carbocycles. The fourth-order valence-electron chi connectivity index (χ4n) is 4.20. The largest absolute Gasteiger partial charge is 0.487 e. The van der Waals surface area contributed by atoms with Crippen LogP contribution in [0, 0.1) is 13.8 Å². The number of ether oxygens (including phenoxy) is 1. The van der Waals surface area contributed by atoms with Gasteiger partial charge in [-0.3, -0.25) is 0 Å². The van der Waals surface area contributed by atoms with E-state index in [2.05, 4.69) is 6.92 Å². The summed E-state index contributed by atoms with van der Waals surface area (Å²) in [5.41, 5.74) is 6.89. The zero-order valence-electron chi connectivity index (χ0n) is 19.8. The van der Waals surface area contributed by atoms with Crippen LogP contribution in [-0.4, -0.2) is 20.9 Å². The molecular formula is C28H26Cl2N2O3. The highest BCUT2D eigenvalue weighted by atomic mass is 35.5. The summed E-state index contributed by atoms with van der Waals surface area (Å²) in [7, 11) is 0. The second kappa shape index (κ2) is 10.5. The number of aromatic carboxylic acids is 1. The van der Waals surface area contributed by atoms with E-state index in [1.807, 2.05) is 50.2 Å². The van der Waals surface area contributed by atoms with Crippen molar-refractivity contribution >= 4 is 29.2 Å². The minimum absolute atomic E-state index is 0.264. The van der Waals surface area contributed by atoms with Gasteiger partial charge in [0.1, 0.15) is 18.0 Å². The number of carboxylic acid groups (broad SMARTS) is 1. The number of aryl methyl sites for hydroxylation is 2. The van der Waals surface area contributed by atoms with E-state index in [1.54, 1.807) is 28.9 Å². The number of rotatable bonds is 8. The fourth-order valence-corrected chi connectivity index (χ4v) is 4.76. The maximum absolute atomic E-state index is 11.1. The van der Waals surface area contributed by atoms with E-state index in [1.165, 1.54) is 0 Å². The van der Waals surface area contributed by atoms with Crippen LogP contribution in [0.3, 0.4) is 0 Å². The lowest BCUT2D eigenvalue weighted by molar-refractivity contribution is 0.0697. The Morgan fingerprint density at radius 2 is 1.71 bits per heavy atom. The SMILES string of the molecule is CCCc1c(C)nn(-c2c(Cl)cccc2Cl)c1COc1ccc(-c2ccc(C(=O)O)cc2)c(C)c1. The summed E-state index contributed by atoms with van der Waals surface area (Å²) in [5, 5.41) is 14.9. The molecule has 1 N–H and O–H groups in total. The number of hydrogen-bond donors (Lipinski definition) is 1. The average Bonchev–Trinajstić information content (AvgIpc) is 3.12. The number of carboxylic acids is 1. The molecule has 5 nitrogen and oxygen atoms in total. The molecule has 4 rings (SSSR count). The molecule has 7 heteroatoms. The second-order valence-electron chi connectivity index (χ2n) is 8.39. The van der Waals surface area contributed by atoms with Gasteiger partial charge in [-0.15, -0.1) is 0 Å². The van der Waals surface area contributed by atoms with E-state index in [0.29, 0.717) is 22.3 Å². The third-order valence-corrected chi connectivity index (χ3v) is 6.57. The predicted molar refractivity (Wildman–Crippen MR) is 140 cm³/mol. The third kappa shape index (κ3) is 5.21. The molecule has 3 aromatic carbocycles. The molecule has 4 aromatic rings. The van der Waals surface area contributed by atoms with Crippen LogP contribution in [0.15, 0.2) is 60.7 Å². The minimum atomic E-state index is -0.938. The van der Waals surface area contributed by atoms with Gasteiger partial charge in [0.05, 0.1) is 27.0 Å². The summed E-state index contributed by atoms with van der Waals surface area (Å²) in [6, 6.07) is 18.2. The molecule has 1 aromatic heterocycles. The molecule has 0 fully saturated rings. The lowest BCUT2D eigenvalue weighted by atomic mass is 9.99. The summed E-state index contributed by atoms with van der Waals surface area (Å²) in [5.74, 6) is -0.210. The summed E-state index contributed by atoms with van der Waals surface area (Å²) < 4.78 is 8.03. The molecule has 0 unspecified atom stereocenters. The van der Waals surface area contributed by atoms with E-state index < -0.39 is 5.97 Å². The summed E-state index contributed by atoms with van der Waals surface area (Å²) >= 11 is 13.0. The van der Waals surface area contributed by atoms with Crippen LogP contribution in [0.25, 0.3) is 16.8 Å². The Hall–Kier alpha value is -3.28. The van der Waals surface area contributed by atoms with Gasteiger partial charge < -0.3 is 9.84 Å². The van der Waals surface area contributed by atoms with Gasteiger partial charge in [-0.25, -0.2) is 9.48 Å². The zero-order chi connectivity index (χ0) is 25.1. The van der Waals surface area contributed by atoms with Gasteiger partial charge in [0.2, 0.25) is 0 Å². The normalized spacial score (nSPS) is 11.0. The Labute approximate surface area is 214 Å². The number of para-hydroxylation sites is 1. The van der Waals surface area contributed by atoms with Gasteiger partial charge in [0, 0.05) is 5.56 Å². The highest BCUT2D eigenvalue weighted by Crippen LogP contribution is 2.32. The molecule has 35 heavy (non-hydrogen) atoms. The smallest absolute Gasteiger partial charge is 0.335 e. The van der Waals surface area contributed by atoms with Crippen LogP contribution in [0.4, 0.5) is 0 Å². The Balaban J connectivity index is 1.63. The molecule has 0 saturated carbocycles. The van der Waals surface area contributed by atoms with Crippen LogP contribution in [0.5, 0.6) is 5.75 Å². The van der Waals surface area contributed by atoms with E-state index in [0.717, 1.165) is 52.2 Å². The van der Waals surface area contributed by atoms with E-state index in [-0.39, 0.29) is 5.56 Å². The molecule has 0 bridgehead atoms. The number of halogens is 2. The molecule has 0 saturated heterocycles. The third-order valence-electron chi connectivity index (χ3n) is 5.96. The van der Waals surface area contributed by atoms with Crippen LogP contribution in [0.1, 0.15) is 46.2 Å². The van der Waals surface area contributed by atoms with E-state index in [9.17, 15) is 4.79 Å². The van der Waals surface area contributed by atoms with Gasteiger partial charge >= 0.3 is 5.97 Å². The van der Waals surface area contributed by atoms with Crippen molar-refractivity contribution in [3.8, 4) is 22.6 Å². The van der Waals surface area contributed by atoms with Crippen molar-refractivity contribution in [3.05, 3.63) is 98.8 Å². The van der Waals surface area contributed by atoms with Crippen molar-refractivity contribution in [2.75, 3.05) is 0 Å². The maximum Gasteiger partial charge on any atom is 0.335 e.